The Balaban J connectivity index is 1.29. The number of carbonyl (C=O) groups is 1. The summed E-state index contributed by atoms with van der Waals surface area (Å²) in [6.45, 7) is 0.588. The molecule has 0 aliphatic carbocycles. The molecule has 2 aromatic carbocycles. The Bertz CT molecular complexity index is 1000. The standard InChI is InChI=1S/C23H21N3O/c27-23(24-14-13-21-17-26-15-5-4-8-22(26)25-21)16-18-9-11-20(12-10-18)19-6-2-1-3-7-19/h1-12,15,17H,13-14,16H2,(H,24,27). The van der Waals surface area contributed by atoms with Crippen molar-refractivity contribution in [2.75, 3.05) is 6.54 Å². The minimum atomic E-state index is 0.0335. The lowest BCUT2D eigenvalue weighted by atomic mass is 10.0. The number of carbonyl (C=O) groups excluding carboxylic acids is 1. The topological polar surface area (TPSA) is 46.4 Å². The van der Waals surface area contributed by atoms with Crippen molar-refractivity contribution >= 4 is 11.6 Å². The average Bonchev–Trinajstić information content (AvgIpc) is 3.12. The predicted octanol–water partition coefficient (Wildman–Crippen LogP) is 3.90. The first-order chi connectivity index (χ1) is 13.3. The van der Waals surface area contributed by atoms with E-state index in [1.165, 1.54) is 5.56 Å². The van der Waals surface area contributed by atoms with Crippen LogP contribution in [0.5, 0.6) is 0 Å². The zero-order chi connectivity index (χ0) is 18.5. The number of hydrogen-bond acceptors (Lipinski definition) is 2. The van der Waals surface area contributed by atoms with Crippen LogP contribution in [0.15, 0.2) is 85.2 Å². The first kappa shape index (κ1) is 17.0. The van der Waals surface area contributed by atoms with E-state index in [9.17, 15) is 4.79 Å². The Morgan fingerprint density at radius 3 is 2.41 bits per heavy atom. The van der Waals surface area contributed by atoms with Gasteiger partial charge in [0.2, 0.25) is 5.91 Å². The second kappa shape index (κ2) is 7.87. The number of hydrogen-bond donors (Lipinski definition) is 1. The average molecular weight is 355 g/mol. The molecule has 134 valence electrons. The van der Waals surface area contributed by atoms with Gasteiger partial charge >= 0.3 is 0 Å². The van der Waals surface area contributed by atoms with E-state index in [2.05, 4.69) is 34.6 Å². The minimum absolute atomic E-state index is 0.0335. The van der Waals surface area contributed by atoms with Gasteiger partial charge in [-0.25, -0.2) is 4.98 Å². The summed E-state index contributed by atoms with van der Waals surface area (Å²) < 4.78 is 1.99. The van der Waals surface area contributed by atoms with Crippen LogP contribution in [-0.4, -0.2) is 21.8 Å². The molecule has 0 fully saturated rings. The molecule has 0 radical (unpaired) electrons. The highest BCUT2D eigenvalue weighted by molar-refractivity contribution is 5.78. The number of nitrogens with one attached hydrogen (secondary N) is 1. The second-order valence-corrected chi connectivity index (χ2v) is 6.54. The Morgan fingerprint density at radius 2 is 1.63 bits per heavy atom. The normalized spacial score (nSPS) is 10.8. The van der Waals surface area contributed by atoms with E-state index >= 15 is 0 Å². The number of amides is 1. The number of fused-ring (bicyclic) bond motifs is 1. The van der Waals surface area contributed by atoms with Crippen LogP contribution in [0.4, 0.5) is 0 Å². The SMILES string of the molecule is O=C(Cc1ccc(-c2ccccc2)cc1)NCCc1cn2ccccc2n1. The molecule has 0 spiro atoms. The van der Waals surface area contributed by atoms with Crippen LogP contribution in [0.25, 0.3) is 16.8 Å². The van der Waals surface area contributed by atoms with Gasteiger partial charge in [0, 0.05) is 25.4 Å². The van der Waals surface area contributed by atoms with Gasteiger partial charge in [-0.1, -0.05) is 60.7 Å². The van der Waals surface area contributed by atoms with Gasteiger partial charge < -0.3 is 9.72 Å². The molecule has 2 aromatic heterocycles. The molecule has 4 rings (SSSR count). The highest BCUT2D eigenvalue weighted by atomic mass is 16.1. The first-order valence-electron chi connectivity index (χ1n) is 9.11. The van der Waals surface area contributed by atoms with Crippen molar-refractivity contribution < 1.29 is 4.79 Å². The molecule has 1 amide bonds. The molecule has 0 atom stereocenters. The Hall–Kier alpha value is -3.40. The first-order valence-corrected chi connectivity index (χ1v) is 9.11. The molecule has 2 heterocycles. The van der Waals surface area contributed by atoms with E-state index in [0.717, 1.165) is 28.9 Å². The summed E-state index contributed by atoms with van der Waals surface area (Å²) in [7, 11) is 0. The fourth-order valence-corrected chi connectivity index (χ4v) is 3.13. The molecule has 27 heavy (non-hydrogen) atoms. The van der Waals surface area contributed by atoms with Gasteiger partial charge in [0.15, 0.2) is 0 Å². The highest BCUT2D eigenvalue weighted by Gasteiger charge is 2.05. The number of pyridine rings is 1. The largest absolute Gasteiger partial charge is 0.355 e. The monoisotopic (exact) mass is 355 g/mol. The molecule has 0 saturated carbocycles. The molecule has 4 heteroatoms. The van der Waals surface area contributed by atoms with E-state index in [4.69, 9.17) is 0 Å². The van der Waals surface area contributed by atoms with E-state index in [1.54, 1.807) is 0 Å². The molecule has 0 saturated heterocycles. The van der Waals surface area contributed by atoms with Crippen LogP contribution in [0.2, 0.25) is 0 Å². The maximum absolute atomic E-state index is 12.2. The van der Waals surface area contributed by atoms with Crippen LogP contribution < -0.4 is 5.32 Å². The maximum Gasteiger partial charge on any atom is 0.224 e. The summed E-state index contributed by atoms with van der Waals surface area (Å²) in [4.78, 5) is 16.7. The van der Waals surface area contributed by atoms with Crippen molar-refractivity contribution in [3.8, 4) is 11.1 Å². The van der Waals surface area contributed by atoms with Crippen molar-refractivity contribution in [1.82, 2.24) is 14.7 Å². The maximum atomic E-state index is 12.2. The lowest BCUT2D eigenvalue weighted by Gasteiger charge is -2.06. The molecule has 4 aromatic rings. The van der Waals surface area contributed by atoms with Gasteiger partial charge in [0.05, 0.1) is 12.1 Å². The lowest BCUT2D eigenvalue weighted by molar-refractivity contribution is -0.120. The molecule has 0 aliphatic rings. The van der Waals surface area contributed by atoms with Crippen LogP contribution in [0.3, 0.4) is 0 Å². The van der Waals surface area contributed by atoms with E-state index in [0.29, 0.717) is 13.0 Å². The summed E-state index contributed by atoms with van der Waals surface area (Å²) in [5, 5.41) is 2.98. The van der Waals surface area contributed by atoms with Crippen molar-refractivity contribution in [2.24, 2.45) is 0 Å². The minimum Gasteiger partial charge on any atom is -0.355 e. The smallest absolute Gasteiger partial charge is 0.224 e. The molecule has 0 bridgehead atoms. The van der Waals surface area contributed by atoms with Crippen LogP contribution in [0.1, 0.15) is 11.3 Å². The highest BCUT2D eigenvalue weighted by Crippen LogP contribution is 2.19. The summed E-state index contributed by atoms with van der Waals surface area (Å²) in [5.41, 5.74) is 5.26. The number of nitrogens with zero attached hydrogens (tertiary/aromatic N) is 2. The van der Waals surface area contributed by atoms with E-state index in [1.807, 2.05) is 65.3 Å². The summed E-state index contributed by atoms with van der Waals surface area (Å²) in [6.07, 6.45) is 5.09. The van der Waals surface area contributed by atoms with E-state index < -0.39 is 0 Å². The van der Waals surface area contributed by atoms with Crippen LogP contribution in [0, 0.1) is 0 Å². The van der Waals surface area contributed by atoms with Crippen molar-refractivity contribution in [2.45, 2.75) is 12.8 Å². The molecule has 0 aliphatic heterocycles. The Morgan fingerprint density at radius 1 is 0.889 bits per heavy atom. The Labute approximate surface area is 158 Å². The molecule has 4 nitrogen and oxygen atoms in total. The Kier molecular flexibility index (Phi) is 4.97. The van der Waals surface area contributed by atoms with Crippen LogP contribution >= 0.6 is 0 Å². The molecule has 0 unspecified atom stereocenters. The van der Waals surface area contributed by atoms with Crippen molar-refractivity contribution in [1.29, 1.82) is 0 Å². The third kappa shape index (κ3) is 4.23. The zero-order valence-electron chi connectivity index (χ0n) is 15.0. The van der Waals surface area contributed by atoms with Crippen LogP contribution in [-0.2, 0) is 17.6 Å². The predicted molar refractivity (Wildman–Crippen MR) is 107 cm³/mol. The summed E-state index contributed by atoms with van der Waals surface area (Å²) in [6, 6.07) is 24.3. The van der Waals surface area contributed by atoms with Gasteiger partial charge in [-0.15, -0.1) is 0 Å². The number of rotatable bonds is 6. The van der Waals surface area contributed by atoms with Gasteiger partial charge in [-0.2, -0.15) is 0 Å². The quantitative estimate of drug-likeness (QED) is 0.570. The van der Waals surface area contributed by atoms with Crippen molar-refractivity contribution in [3.05, 3.63) is 96.4 Å². The fraction of sp³-hybridized carbons (Fsp3) is 0.130. The van der Waals surface area contributed by atoms with Crippen molar-refractivity contribution in [3.63, 3.8) is 0 Å². The zero-order valence-corrected chi connectivity index (χ0v) is 15.0. The molecular weight excluding hydrogens is 334 g/mol. The van der Waals surface area contributed by atoms with E-state index in [-0.39, 0.29) is 5.91 Å². The van der Waals surface area contributed by atoms with Gasteiger partial charge in [0.1, 0.15) is 5.65 Å². The van der Waals surface area contributed by atoms with Gasteiger partial charge in [0.25, 0.3) is 0 Å². The van der Waals surface area contributed by atoms with Gasteiger partial charge in [-0.05, 0) is 28.8 Å². The summed E-state index contributed by atoms with van der Waals surface area (Å²) >= 11 is 0. The molecule has 1 N–H and O–H groups in total. The number of benzene rings is 2. The number of imidazole rings is 1. The third-order valence-electron chi connectivity index (χ3n) is 4.54. The third-order valence-corrected chi connectivity index (χ3v) is 4.54. The lowest BCUT2D eigenvalue weighted by Crippen LogP contribution is -2.27. The van der Waals surface area contributed by atoms with Gasteiger partial charge in [-0.3, -0.25) is 4.79 Å². The number of aromatic nitrogens is 2. The summed E-state index contributed by atoms with van der Waals surface area (Å²) in [5.74, 6) is 0.0335. The fourth-order valence-electron chi connectivity index (χ4n) is 3.13. The second-order valence-electron chi connectivity index (χ2n) is 6.54. The molecular formula is C23H21N3O.